The average Bonchev–Trinajstić information content (AvgIpc) is 2.98. The molecular weight excluding hydrogens is 240 g/mol. The van der Waals surface area contributed by atoms with Crippen LogP contribution in [0.1, 0.15) is 24.7 Å². The number of piperidine rings is 1. The number of nitrogens with zero attached hydrogens (tertiary/aromatic N) is 2. The predicted octanol–water partition coefficient (Wildman–Crippen LogP) is 2.19. The van der Waals surface area contributed by atoms with Gasteiger partial charge in [-0.1, -0.05) is 16.8 Å². The van der Waals surface area contributed by atoms with Gasteiger partial charge in [-0.3, -0.25) is 0 Å². The number of hydrogen-bond donors (Lipinski definition) is 2. The second-order valence-corrected chi connectivity index (χ2v) is 4.67. The van der Waals surface area contributed by atoms with Crippen LogP contribution in [0, 0.1) is 0 Å². The highest BCUT2D eigenvalue weighted by Gasteiger charge is 2.21. The molecule has 17 heavy (non-hydrogen) atoms. The number of rotatable bonds is 2. The summed E-state index contributed by atoms with van der Waals surface area (Å²) in [6.07, 6.45) is 3.95. The van der Waals surface area contributed by atoms with Crippen LogP contribution in [-0.2, 0) is 0 Å². The maximum absolute atomic E-state index is 5.84. The molecule has 0 spiro atoms. The van der Waals surface area contributed by atoms with Crippen molar-refractivity contribution in [1.82, 2.24) is 20.4 Å². The van der Waals surface area contributed by atoms with Crippen molar-refractivity contribution in [1.29, 1.82) is 0 Å². The fourth-order valence-corrected chi connectivity index (χ4v) is 2.23. The molecule has 3 heterocycles. The van der Waals surface area contributed by atoms with Crippen molar-refractivity contribution in [2.24, 2.45) is 0 Å². The van der Waals surface area contributed by atoms with E-state index in [0.717, 1.165) is 31.6 Å². The van der Waals surface area contributed by atoms with Crippen LogP contribution in [0.5, 0.6) is 0 Å². The van der Waals surface area contributed by atoms with Crippen LogP contribution < -0.4 is 5.32 Å². The molecule has 1 saturated heterocycles. The maximum Gasteiger partial charge on any atom is 0.231 e. The Morgan fingerprint density at radius 3 is 3.12 bits per heavy atom. The van der Waals surface area contributed by atoms with E-state index in [1.807, 2.05) is 0 Å². The Morgan fingerprint density at radius 1 is 1.47 bits per heavy atom. The molecule has 2 aromatic rings. The van der Waals surface area contributed by atoms with Crippen LogP contribution in [0.3, 0.4) is 0 Å². The van der Waals surface area contributed by atoms with Gasteiger partial charge in [0.2, 0.25) is 11.7 Å². The molecule has 0 unspecified atom stereocenters. The van der Waals surface area contributed by atoms with Crippen LogP contribution >= 0.6 is 11.6 Å². The summed E-state index contributed by atoms with van der Waals surface area (Å²) in [5, 5.41) is 7.95. The molecule has 0 amide bonds. The summed E-state index contributed by atoms with van der Waals surface area (Å²) in [4.78, 5) is 7.42. The van der Waals surface area contributed by atoms with E-state index >= 15 is 0 Å². The molecule has 90 valence electrons. The van der Waals surface area contributed by atoms with Crippen LogP contribution in [0.4, 0.5) is 0 Å². The molecule has 0 saturated carbocycles. The summed E-state index contributed by atoms with van der Waals surface area (Å²) >= 11 is 5.84. The van der Waals surface area contributed by atoms with E-state index in [9.17, 15) is 0 Å². The van der Waals surface area contributed by atoms with E-state index in [0.29, 0.717) is 22.7 Å². The summed E-state index contributed by atoms with van der Waals surface area (Å²) in [5.41, 5.74) is 0.786. The van der Waals surface area contributed by atoms with Crippen LogP contribution in [-0.4, -0.2) is 28.2 Å². The monoisotopic (exact) mass is 252 g/mol. The van der Waals surface area contributed by atoms with E-state index < -0.39 is 0 Å². The minimum atomic E-state index is 0.329. The SMILES string of the molecule is Clc1c[nH]c(-c2noc([C@H]3CCCNC3)n2)c1. The standard InChI is InChI=1S/C11H13ClN4O/c12-8-4-9(14-6-8)10-15-11(17-16-10)7-2-1-3-13-5-7/h4,6-7,13-14H,1-3,5H2/t7-/m0/s1. The van der Waals surface area contributed by atoms with E-state index in [2.05, 4.69) is 20.4 Å². The van der Waals surface area contributed by atoms with Gasteiger partial charge in [-0.2, -0.15) is 4.98 Å². The first kappa shape index (κ1) is 10.8. The summed E-state index contributed by atoms with van der Waals surface area (Å²) in [5.74, 6) is 1.60. The zero-order valence-corrected chi connectivity index (χ0v) is 10.00. The number of H-pyrrole nitrogens is 1. The van der Waals surface area contributed by atoms with E-state index in [1.54, 1.807) is 12.3 Å². The lowest BCUT2D eigenvalue weighted by molar-refractivity contribution is 0.322. The molecule has 0 aliphatic carbocycles. The van der Waals surface area contributed by atoms with Gasteiger partial charge >= 0.3 is 0 Å². The van der Waals surface area contributed by atoms with Crippen LogP contribution in [0.25, 0.3) is 11.5 Å². The van der Waals surface area contributed by atoms with E-state index in [1.165, 1.54) is 0 Å². The highest BCUT2D eigenvalue weighted by atomic mass is 35.5. The van der Waals surface area contributed by atoms with Gasteiger partial charge in [-0.25, -0.2) is 0 Å². The first-order chi connectivity index (χ1) is 8.33. The fraction of sp³-hybridized carbons (Fsp3) is 0.455. The van der Waals surface area contributed by atoms with E-state index in [4.69, 9.17) is 16.1 Å². The van der Waals surface area contributed by atoms with Gasteiger partial charge in [0.05, 0.1) is 16.6 Å². The average molecular weight is 253 g/mol. The third-order valence-corrected chi connectivity index (χ3v) is 3.19. The molecule has 1 atom stereocenters. The second-order valence-electron chi connectivity index (χ2n) is 4.23. The molecule has 1 aliphatic heterocycles. The maximum atomic E-state index is 5.84. The first-order valence-electron chi connectivity index (χ1n) is 5.71. The topological polar surface area (TPSA) is 66.7 Å². The molecular formula is C11H13ClN4O. The van der Waals surface area contributed by atoms with Gasteiger partial charge in [0.15, 0.2) is 0 Å². The Bertz CT molecular complexity index is 501. The highest BCUT2D eigenvalue weighted by molar-refractivity contribution is 6.30. The van der Waals surface area contributed by atoms with Gasteiger partial charge in [-0.05, 0) is 25.5 Å². The lowest BCUT2D eigenvalue weighted by Crippen LogP contribution is -2.28. The van der Waals surface area contributed by atoms with Crippen molar-refractivity contribution in [3.63, 3.8) is 0 Å². The Morgan fingerprint density at radius 2 is 2.41 bits per heavy atom. The molecule has 3 rings (SSSR count). The normalized spacial score (nSPS) is 20.6. The molecule has 0 bridgehead atoms. The zero-order chi connectivity index (χ0) is 11.7. The Hall–Kier alpha value is -1.33. The highest BCUT2D eigenvalue weighted by Crippen LogP contribution is 2.24. The second kappa shape index (κ2) is 4.50. The molecule has 6 heteroatoms. The number of nitrogens with one attached hydrogen (secondary N) is 2. The van der Waals surface area contributed by atoms with Gasteiger partial charge < -0.3 is 14.8 Å². The van der Waals surface area contributed by atoms with Crippen molar-refractivity contribution >= 4 is 11.6 Å². The molecule has 1 fully saturated rings. The lowest BCUT2D eigenvalue weighted by Gasteiger charge is -2.18. The van der Waals surface area contributed by atoms with Gasteiger partial charge in [0.1, 0.15) is 0 Å². The Balaban J connectivity index is 1.82. The molecule has 0 aromatic carbocycles. The predicted molar refractivity (Wildman–Crippen MR) is 63.9 cm³/mol. The van der Waals surface area contributed by atoms with Crippen molar-refractivity contribution < 1.29 is 4.52 Å². The van der Waals surface area contributed by atoms with Crippen molar-refractivity contribution in [3.05, 3.63) is 23.2 Å². The molecule has 2 aromatic heterocycles. The third-order valence-electron chi connectivity index (χ3n) is 2.98. The van der Waals surface area contributed by atoms with E-state index in [-0.39, 0.29) is 0 Å². The van der Waals surface area contributed by atoms with Crippen LogP contribution in [0.15, 0.2) is 16.8 Å². The quantitative estimate of drug-likeness (QED) is 0.860. The molecule has 1 aliphatic rings. The molecule has 0 radical (unpaired) electrons. The Kier molecular flexibility index (Phi) is 2.86. The van der Waals surface area contributed by atoms with Crippen molar-refractivity contribution in [3.8, 4) is 11.5 Å². The van der Waals surface area contributed by atoms with Crippen molar-refractivity contribution in [2.45, 2.75) is 18.8 Å². The lowest BCUT2D eigenvalue weighted by atomic mass is 10.00. The number of halogens is 1. The minimum Gasteiger partial charge on any atom is -0.357 e. The minimum absolute atomic E-state index is 0.329. The summed E-state index contributed by atoms with van der Waals surface area (Å²) in [6, 6.07) is 1.79. The summed E-state index contributed by atoms with van der Waals surface area (Å²) < 4.78 is 5.30. The van der Waals surface area contributed by atoms with Gasteiger partial charge in [0, 0.05) is 12.7 Å². The largest absolute Gasteiger partial charge is 0.357 e. The van der Waals surface area contributed by atoms with Crippen LogP contribution in [0.2, 0.25) is 5.02 Å². The molecule has 5 nitrogen and oxygen atoms in total. The zero-order valence-electron chi connectivity index (χ0n) is 9.24. The van der Waals surface area contributed by atoms with Crippen molar-refractivity contribution in [2.75, 3.05) is 13.1 Å². The van der Waals surface area contributed by atoms with Gasteiger partial charge in [0.25, 0.3) is 0 Å². The smallest absolute Gasteiger partial charge is 0.231 e. The Labute approximate surface area is 104 Å². The fourth-order valence-electron chi connectivity index (χ4n) is 2.07. The summed E-state index contributed by atoms with van der Waals surface area (Å²) in [6.45, 7) is 1.98. The van der Waals surface area contributed by atoms with Gasteiger partial charge in [-0.15, -0.1) is 0 Å². The molecule has 2 N–H and O–H groups in total. The first-order valence-corrected chi connectivity index (χ1v) is 6.09. The number of aromatic amines is 1. The number of hydrogen-bond acceptors (Lipinski definition) is 4. The summed E-state index contributed by atoms with van der Waals surface area (Å²) in [7, 11) is 0. The number of aromatic nitrogens is 3. The third kappa shape index (κ3) is 2.21.